The molecule has 0 aliphatic rings. The fraction of sp³-hybridized carbons (Fsp3) is 0.533. The topological polar surface area (TPSA) is 146 Å². The molecule has 0 radical (unpaired) electrons. The zero-order valence-electron chi connectivity index (χ0n) is 13.6. The number of hydrazine groups is 1. The zero-order chi connectivity index (χ0) is 18.3. The lowest BCUT2D eigenvalue weighted by atomic mass is 10.0. The van der Waals surface area contributed by atoms with Crippen LogP contribution in [0.15, 0.2) is 24.3 Å². The van der Waals surface area contributed by atoms with Crippen LogP contribution in [0.25, 0.3) is 0 Å². The lowest BCUT2D eigenvalue weighted by Gasteiger charge is -2.25. The van der Waals surface area contributed by atoms with Crippen LogP contribution in [0.3, 0.4) is 0 Å². The Bertz CT molecular complexity index is 510. The molecule has 0 saturated heterocycles. The molecule has 0 aromatic heterocycles. The third-order valence-electron chi connectivity index (χ3n) is 3.48. The summed E-state index contributed by atoms with van der Waals surface area (Å²) in [6.07, 6.45) is -7.42. The molecule has 136 valence electrons. The van der Waals surface area contributed by atoms with Crippen molar-refractivity contribution in [1.82, 2.24) is 10.9 Å². The van der Waals surface area contributed by atoms with Crippen molar-refractivity contribution < 1.29 is 30.3 Å². The Morgan fingerprint density at radius 3 is 2.17 bits per heavy atom. The molecular formula is C15H25N3O6. The van der Waals surface area contributed by atoms with E-state index in [1.807, 2.05) is 43.3 Å². The van der Waals surface area contributed by atoms with Gasteiger partial charge in [0, 0.05) is 26.3 Å². The maximum Gasteiger partial charge on any atom is 0.265 e. The maximum absolute atomic E-state index is 11.7. The van der Waals surface area contributed by atoms with Crippen molar-refractivity contribution >= 4 is 11.6 Å². The Morgan fingerprint density at radius 2 is 1.67 bits per heavy atom. The van der Waals surface area contributed by atoms with E-state index < -0.39 is 36.9 Å². The Morgan fingerprint density at radius 1 is 1.08 bits per heavy atom. The number of nitrogens with zero attached hydrogens (tertiary/aromatic N) is 1. The summed E-state index contributed by atoms with van der Waals surface area (Å²) in [6, 6.07) is 7.54. The van der Waals surface area contributed by atoms with Gasteiger partial charge < -0.3 is 30.4 Å². The largest absolute Gasteiger partial charge is 0.394 e. The SMILES string of the molecule is CN(C)c1ccc(CNNC(=O)[C@H](O)[C@@H](O)[C@H](O)[C@H](O)CO)cc1. The first-order valence-electron chi connectivity index (χ1n) is 7.40. The summed E-state index contributed by atoms with van der Waals surface area (Å²) in [6.45, 7) is -0.530. The number of benzene rings is 1. The van der Waals surface area contributed by atoms with E-state index in [-0.39, 0.29) is 6.54 Å². The first-order chi connectivity index (χ1) is 11.3. The number of carbonyl (C=O) groups excluding carboxylic acids is 1. The van der Waals surface area contributed by atoms with Crippen molar-refractivity contribution in [3.63, 3.8) is 0 Å². The van der Waals surface area contributed by atoms with Crippen LogP contribution >= 0.6 is 0 Å². The van der Waals surface area contributed by atoms with Gasteiger partial charge in [-0.05, 0) is 17.7 Å². The molecule has 0 unspecified atom stereocenters. The van der Waals surface area contributed by atoms with Gasteiger partial charge in [-0.1, -0.05) is 12.1 Å². The minimum atomic E-state index is -1.97. The molecule has 0 saturated carbocycles. The van der Waals surface area contributed by atoms with Crippen LogP contribution in [0.1, 0.15) is 5.56 Å². The molecule has 0 aliphatic carbocycles. The number of carbonyl (C=O) groups is 1. The van der Waals surface area contributed by atoms with E-state index in [0.29, 0.717) is 0 Å². The summed E-state index contributed by atoms with van der Waals surface area (Å²) in [5, 5.41) is 46.6. The molecule has 7 N–H and O–H groups in total. The van der Waals surface area contributed by atoms with Crippen LogP contribution < -0.4 is 15.8 Å². The van der Waals surface area contributed by atoms with Gasteiger partial charge in [0.15, 0.2) is 6.10 Å². The highest BCUT2D eigenvalue weighted by Crippen LogP contribution is 2.11. The third kappa shape index (κ3) is 5.71. The first-order valence-corrected chi connectivity index (χ1v) is 7.40. The molecular weight excluding hydrogens is 318 g/mol. The van der Waals surface area contributed by atoms with Gasteiger partial charge in [-0.25, -0.2) is 5.43 Å². The van der Waals surface area contributed by atoms with Crippen molar-refractivity contribution in [3.05, 3.63) is 29.8 Å². The second-order valence-electron chi connectivity index (χ2n) is 5.58. The van der Waals surface area contributed by atoms with E-state index in [1.165, 1.54) is 0 Å². The molecule has 9 heteroatoms. The van der Waals surface area contributed by atoms with Crippen molar-refractivity contribution in [3.8, 4) is 0 Å². The van der Waals surface area contributed by atoms with Gasteiger partial charge in [-0.3, -0.25) is 10.2 Å². The summed E-state index contributed by atoms with van der Waals surface area (Å²) < 4.78 is 0. The summed E-state index contributed by atoms with van der Waals surface area (Å²) in [5.41, 5.74) is 6.69. The lowest BCUT2D eigenvalue weighted by molar-refractivity contribution is -0.149. The molecule has 0 aliphatic heterocycles. The molecule has 0 fully saturated rings. The minimum absolute atomic E-state index is 0.282. The minimum Gasteiger partial charge on any atom is -0.394 e. The molecule has 1 amide bonds. The highest BCUT2D eigenvalue weighted by atomic mass is 16.4. The van der Waals surface area contributed by atoms with E-state index >= 15 is 0 Å². The third-order valence-corrected chi connectivity index (χ3v) is 3.48. The highest BCUT2D eigenvalue weighted by molar-refractivity contribution is 5.80. The van der Waals surface area contributed by atoms with Gasteiger partial charge >= 0.3 is 0 Å². The molecule has 1 aromatic carbocycles. The van der Waals surface area contributed by atoms with Gasteiger partial charge in [0.05, 0.1) is 6.61 Å². The standard InChI is InChI=1S/C15H25N3O6/c1-18(2)10-5-3-9(4-6-10)7-16-17-15(24)14(23)13(22)12(21)11(20)8-19/h3-6,11-14,16,19-23H,7-8H2,1-2H3,(H,17,24)/t11-,12-,13+,14-/m1/s1. The van der Waals surface area contributed by atoms with E-state index in [4.69, 9.17) is 5.11 Å². The molecule has 4 atom stereocenters. The van der Waals surface area contributed by atoms with Crippen LogP contribution in [0, 0.1) is 0 Å². The number of amides is 1. The van der Waals surface area contributed by atoms with Crippen molar-refractivity contribution in [2.45, 2.75) is 31.0 Å². The van der Waals surface area contributed by atoms with E-state index in [9.17, 15) is 25.2 Å². The van der Waals surface area contributed by atoms with Gasteiger partial charge in [0.1, 0.15) is 18.3 Å². The van der Waals surface area contributed by atoms with E-state index in [2.05, 4.69) is 10.9 Å². The number of aliphatic hydroxyl groups excluding tert-OH is 5. The number of anilines is 1. The molecule has 24 heavy (non-hydrogen) atoms. The predicted octanol–water partition coefficient (Wildman–Crippen LogP) is -2.69. The molecule has 0 bridgehead atoms. The quantitative estimate of drug-likeness (QED) is 0.240. The average Bonchev–Trinajstić information content (AvgIpc) is 2.59. The van der Waals surface area contributed by atoms with Crippen LogP contribution in [0.5, 0.6) is 0 Å². The van der Waals surface area contributed by atoms with E-state index in [1.54, 1.807) is 0 Å². The Balaban J connectivity index is 2.45. The number of hydrogen-bond donors (Lipinski definition) is 7. The summed E-state index contributed by atoms with van der Waals surface area (Å²) in [7, 11) is 3.84. The van der Waals surface area contributed by atoms with Gasteiger partial charge in [0.2, 0.25) is 0 Å². The molecule has 0 heterocycles. The summed E-state index contributed by atoms with van der Waals surface area (Å²) in [5.74, 6) is -0.975. The summed E-state index contributed by atoms with van der Waals surface area (Å²) >= 11 is 0. The highest BCUT2D eigenvalue weighted by Gasteiger charge is 2.34. The van der Waals surface area contributed by atoms with Crippen molar-refractivity contribution in [2.24, 2.45) is 0 Å². The predicted molar refractivity (Wildman–Crippen MR) is 86.9 cm³/mol. The fourth-order valence-corrected chi connectivity index (χ4v) is 1.90. The maximum atomic E-state index is 11.7. The Labute approximate surface area is 140 Å². The van der Waals surface area contributed by atoms with Crippen molar-refractivity contribution in [2.75, 3.05) is 25.6 Å². The van der Waals surface area contributed by atoms with Gasteiger partial charge in [-0.15, -0.1) is 0 Å². The second-order valence-corrected chi connectivity index (χ2v) is 5.58. The monoisotopic (exact) mass is 343 g/mol. The van der Waals surface area contributed by atoms with Crippen LogP contribution in [-0.2, 0) is 11.3 Å². The van der Waals surface area contributed by atoms with Crippen molar-refractivity contribution in [1.29, 1.82) is 0 Å². The zero-order valence-corrected chi connectivity index (χ0v) is 13.6. The number of hydrogen-bond acceptors (Lipinski definition) is 8. The molecule has 1 rings (SSSR count). The normalized spacial score (nSPS) is 16.1. The molecule has 9 nitrogen and oxygen atoms in total. The number of aliphatic hydroxyl groups is 5. The lowest BCUT2D eigenvalue weighted by Crippen LogP contribution is -2.53. The molecule has 0 spiro atoms. The summed E-state index contributed by atoms with van der Waals surface area (Å²) in [4.78, 5) is 13.6. The van der Waals surface area contributed by atoms with Crippen LogP contribution in [0.2, 0.25) is 0 Å². The van der Waals surface area contributed by atoms with Gasteiger partial charge in [0.25, 0.3) is 5.91 Å². The smallest absolute Gasteiger partial charge is 0.265 e. The number of nitrogens with one attached hydrogen (secondary N) is 2. The second kappa shape index (κ2) is 9.52. The average molecular weight is 343 g/mol. The van der Waals surface area contributed by atoms with E-state index in [0.717, 1.165) is 11.3 Å². The molecule has 1 aromatic rings. The number of rotatable bonds is 9. The van der Waals surface area contributed by atoms with Crippen LogP contribution in [0.4, 0.5) is 5.69 Å². The van der Waals surface area contributed by atoms with Gasteiger partial charge in [-0.2, -0.15) is 0 Å². The first kappa shape index (κ1) is 20.3. The Kier molecular flexibility index (Phi) is 8.05. The Hall–Kier alpha value is -1.75. The fourth-order valence-electron chi connectivity index (χ4n) is 1.90. The van der Waals surface area contributed by atoms with Crippen LogP contribution in [-0.4, -0.2) is 76.6 Å².